The highest BCUT2D eigenvalue weighted by molar-refractivity contribution is 7.92. The van der Waals surface area contributed by atoms with Crippen LogP contribution in [0.4, 0.5) is 11.4 Å². The SMILES string of the molecule is CCCCS(=O)(=O)Nc1cccc(C(=O)Nc2c(O)c3ccc(O)cc3oc2=O)c1. The molecule has 0 aliphatic heterocycles. The lowest BCUT2D eigenvalue weighted by Gasteiger charge is -2.10. The molecular weight excluding hydrogens is 412 g/mol. The molecule has 0 saturated carbocycles. The first-order valence-corrected chi connectivity index (χ1v) is 10.8. The lowest BCUT2D eigenvalue weighted by atomic mass is 10.1. The van der Waals surface area contributed by atoms with Gasteiger partial charge in [0.2, 0.25) is 10.0 Å². The number of unbranched alkanes of at least 4 members (excludes halogenated alkanes) is 1. The summed E-state index contributed by atoms with van der Waals surface area (Å²) in [6.07, 6.45) is 1.23. The number of aromatic hydroxyl groups is 2. The lowest BCUT2D eigenvalue weighted by molar-refractivity contribution is 0.102. The molecule has 0 radical (unpaired) electrons. The summed E-state index contributed by atoms with van der Waals surface area (Å²) in [5.74, 6) is -1.45. The van der Waals surface area contributed by atoms with Crippen LogP contribution in [0.1, 0.15) is 30.1 Å². The van der Waals surface area contributed by atoms with E-state index in [1.54, 1.807) is 0 Å². The molecule has 1 heterocycles. The predicted molar refractivity (Wildman–Crippen MR) is 113 cm³/mol. The van der Waals surface area contributed by atoms with Crippen molar-refractivity contribution in [2.45, 2.75) is 19.8 Å². The van der Waals surface area contributed by atoms with E-state index >= 15 is 0 Å². The number of amides is 1. The maximum Gasteiger partial charge on any atom is 0.364 e. The van der Waals surface area contributed by atoms with Crippen LogP contribution in [0, 0.1) is 0 Å². The molecule has 0 unspecified atom stereocenters. The number of carbonyl (C=O) groups is 1. The van der Waals surface area contributed by atoms with Gasteiger partial charge in [-0.3, -0.25) is 9.52 Å². The molecule has 0 atom stereocenters. The standard InChI is InChI=1S/C20H20N2O7S/c1-2-3-9-30(27,28)22-13-6-4-5-12(10-13)19(25)21-17-18(24)15-8-7-14(23)11-16(15)29-20(17)26/h4-8,10-11,22-24H,2-3,9H2,1H3,(H,21,25). The highest BCUT2D eigenvalue weighted by Gasteiger charge is 2.18. The minimum absolute atomic E-state index is 0.0402. The molecule has 0 spiro atoms. The number of rotatable bonds is 7. The Balaban J connectivity index is 1.87. The highest BCUT2D eigenvalue weighted by Crippen LogP contribution is 2.31. The Morgan fingerprint density at radius 2 is 1.90 bits per heavy atom. The molecule has 9 nitrogen and oxygen atoms in total. The summed E-state index contributed by atoms with van der Waals surface area (Å²) in [4.78, 5) is 24.8. The molecule has 0 saturated heterocycles. The Morgan fingerprint density at radius 1 is 1.13 bits per heavy atom. The van der Waals surface area contributed by atoms with Gasteiger partial charge in [-0.15, -0.1) is 0 Å². The molecule has 3 aromatic rings. The maximum absolute atomic E-state index is 12.6. The lowest BCUT2D eigenvalue weighted by Crippen LogP contribution is -2.19. The van der Waals surface area contributed by atoms with Crippen LogP contribution < -0.4 is 15.7 Å². The Morgan fingerprint density at radius 3 is 2.63 bits per heavy atom. The molecule has 158 valence electrons. The van der Waals surface area contributed by atoms with Gasteiger partial charge < -0.3 is 19.9 Å². The third-order valence-electron chi connectivity index (χ3n) is 4.27. The second-order valence-corrected chi connectivity index (χ2v) is 8.44. The van der Waals surface area contributed by atoms with Gasteiger partial charge >= 0.3 is 5.63 Å². The van der Waals surface area contributed by atoms with Crippen molar-refractivity contribution in [3.8, 4) is 11.5 Å². The third kappa shape index (κ3) is 4.71. The number of phenols is 1. The Hall–Kier alpha value is -3.53. The van der Waals surface area contributed by atoms with Crippen molar-refractivity contribution in [3.63, 3.8) is 0 Å². The first kappa shape index (κ1) is 21.2. The van der Waals surface area contributed by atoms with E-state index in [4.69, 9.17) is 4.42 Å². The summed E-state index contributed by atoms with van der Waals surface area (Å²) in [7, 11) is -3.55. The van der Waals surface area contributed by atoms with Crippen molar-refractivity contribution in [2.24, 2.45) is 0 Å². The third-order valence-corrected chi connectivity index (χ3v) is 5.64. The second kappa shape index (κ2) is 8.46. The second-order valence-electron chi connectivity index (χ2n) is 6.60. The van der Waals surface area contributed by atoms with E-state index in [0.29, 0.717) is 6.42 Å². The number of phenolic OH excluding ortho intramolecular Hbond substituents is 1. The average Bonchev–Trinajstić information content (AvgIpc) is 2.69. The van der Waals surface area contributed by atoms with Gasteiger partial charge in [0.05, 0.1) is 11.1 Å². The van der Waals surface area contributed by atoms with E-state index in [1.807, 2.05) is 6.92 Å². The minimum atomic E-state index is -3.55. The van der Waals surface area contributed by atoms with Crippen LogP contribution in [-0.2, 0) is 10.0 Å². The van der Waals surface area contributed by atoms with Gasteiger partial charge in [-0.05, 0) is 36.8 Å². The van der Waals surface area contributed by atoms with Crippen LogP contribution in [0.5, 0.6) is 11.5 Å². The number of benzene rings is 2. The molecule has 4 N–H and O–H groups in total. The molecule has 10 heteroatoms. The Bertz CT molecular complexity index is 1270. The molecule has 0 aliphatic carbocycles. The van der Waals surface area contributed by atoms with Crippen LogP contribution in [0.3, 0.4) is 0 Å². The highest BCUT2D eigenvalue weighted by atomic mass is 32.2. The summed E-state index contributed by atoms with van der Waals surface area (Å²) in [5.41, 5.74) is -1.25. The largest absolute Gasteiger partial charge is 0.508 e. The fourth-order valence-corrected chi connectivity index (χ4v) is 4.02. The van der Waals surface area contributed by atoms with Gasteiger partial charge in [-0.25, -0.2) is 13.2 Å². The summed E-state index contributed by atoms with van der Waals surface area (Å²) >= 11 is 0. The Labute approximate surface area is 172 Å². The number of hydrogen-bond acceptors (Lipinski definition) is 7. The molecule has 1 amide bonds. The van der Waals surface area contributed by atoms with E-state index in [9.17, 15) is 28.2 Å². The normalized spacial score (nSPS) is 11.4. The summed E-state index contributed by atoms with van der Waals surface area (Å²) in [6, 6.07) is 9.52. The van der Waals surface area contributed by atoms with Crippen LogP contribution in [0.2, 0.25) is 0 Å². The molecular formula is C20H20N2O7S. The maximum atomic E-state index is 12.6. The van der Waals surface area contributed by atoms with Crippen LogP contribution >= 0.6 is 0 Å². The zero-order valence-corrected chi connectivity index (χ0v) is 16.8. The van der Waals surface area contributed by atoms with Crippen LogP contribution in [-0.4, -0.2) is 30.3 Å². The van der Waals surface area contributed by atoms with Gasteiger partial charge in [-0.2, -0.15) is 0 Å². The van der Waals surface area contributed by atoms with E-state index < -0.39 is 33.0 Å². The van der Waals surface area contributed by atoms with Gasteiger partial charge in [-0.1, -0.05) is 19.4 Å². The van der Waals surface area contributed by atoms with Crippen molar-refractivity contribution in [2.75, 3.05) is 15.8 Å². The number of hydrogen-bond donors (Lipinski definition) is 4. The van der Waals surface area contributed by atoms with Gasteiger partial charge in [0.15, 0.2) is 11.4 Å². The van der Waals surface area contributed by atoms with E-state index in [2.05, 4.69) is 10.0 Å². The fourth-order valence-electron chi connectivity index (χ4n) is 2.76. The van der Waals surface area contributed by atoms with E-state index in [1.165, 1.54) is 36.4 Å². The van der Waals surface area contributed by atoms with Gasteiger partial charge in [0.25, 0.3) is 5.91 Å². The van der Waals surface area contributed by atoms with Crippen LogP contribution in [0.25, 0.3) is 11.0 Å². The summed E-state index contributed by atoms with van der Waals surface area (Å²) < 4.78 is 31.5. The molecule has 30 heavy (non-hydrogen) atoms. The van der Waals surface area contributed by atoms with Gasteiger partial charge in [0, 0.05) is 17.3 Å². The zero-order chi connectivity index (χ0) is 21.9. The van der Waals surface area contributed by atoms with Crippen molar-refractivity contribution in [3.05, 3.63) is 58.4 Å². The topological polar surface area (TPSA) is 146 Å². The van der Waals surface area contributed by atoms with E-state index in [-0.39, 0.29) is 33.7 Å². The Kier molecular flexibility index (Phi) is 5.97. The van der Waals surface area contributed by atoms with E-state index in [0.717, 1.165) is 12.5 Å². The summed E-state index contributed by atoms with van der Waals surface area (Å²) in [5, 5.41) is 22.2. The number of nitrogens with one attached hydrogen (secondary N) is 2. The number of fused-ring (bicyclic) bond motifs is 1. The first-order chi connectivity index (χ1) is 14.2. The van der Waals surface area contributed by atoms with Gasteiger partial charge in [0.1, 0.15) is 11.3 Å². The van der Waals surface area contributed by atoms with Crippen LogP contribution in [0.15, 0.2) is 51.7 Å². The fraction of sp³-hybridized carbons (Fsp3) is 0.200. The average molecular weight is 432 g/mol. The predicted octanol–water partition coefficient (Wildman–Crippen LogP) is 3.00. The molecule has 2 aromatic carbocycles. The molecule has 1 aromatic heterocycles. The number of carbonyl (C=O) groups excluding carboxylic acids is 1. The van der Waals surface area contributed by atoms with Crippen molar-refractivity contribution < 1.29 is 27.8 Å². The molecule has 0 bridgehead atoms. The van der Waals surface area contributed by atoms with Crippen molar-refractivity contribution in [1.82, 2.24) is 0 Å². The smallest absolute Gasteiger partial charge is 0.364 e. The number of sulfonamides is 1. The van der Waals surface area contributed by atoms with Crippen molar-refractivity contribution in [1.29, 1.82) is 0 Å². The first-order valence-electron chi connectivity index (χ1n) is 9.11. The van der Waals surface area contributed by atoms with Crippen molar-refractivity contribution >= 4 is 38.3 Å². The number of anilines is 2. The summed E-state index contributed by atoms with van der Waals surface area (Å²) in [6.45, 7) is 1.88. The quantitative estimate of drug-likeness (QED) is 0.420. The zero-order valence-electron chi connectivity index (χ0n) is 16.0. The molecule has 0 fully saturated rings. The molecule has 0 aliphatic rings. The minimum Gasteiger partial charge on any atom is -0.508 e. The monoisotopic (exact) mass is 432 g/mol. The molecule has 3 rings (SSSR count).